The van der Waals surface area contributed by atoms with Crippen LogP contribution in [0.4, 0.5) is 0 Å². The molecule has 0 aromatic heterocycles. The van der Waals surface area contributed by atoms with Gasteiger partial charge in [0.15, 0.2) is 0 Å². The maximum atomic E-state index is 10.2. The van der Waals surface area contributed by atoms with Crippen molar-refractivity contribution in [1.29, 1.82) is 0 Å². The van der Waals surface area contributed by atoms with Crippen LogP contribution in [0.1, 0.15) is 39.0 Å². The van der Waals surface area contributed by atoms with Gasteiger partial charge in [-0.05, 0) is 51.7 Å². The van der Waals surface area contributed by atoms with Gasteiger partial charge in [-0.25, -0.2) is 0 Å². The molecular weight excluding hydrogens is 212 g/mol. The van der Waals surface area contributed by atoms with Crippen LogP contribution in [-0.2, 0) is 0 Å². The van der Waals surface area contributed by atoms with Crippen LogP contribution in [0, 0.1) is 5.92 Å². The van der Waals surface area contributed by atoms with E-state index in [-0.39, 0.29) is 6.10 Å². The van der Waals surface area contributed by atoms with E-state index in [4.69, 9.17) is 0 Å². The predicted molar refractivity (Wildman–Crippen MR) is 71.1 cm³/mol. The molecule has 17 heavy (non-hydrogen) atoms. The second-order valence-corrected chi connectivity index (χ2v) is 5.91. The number of nitrogens with zero attached hydrogens (tertiary/aromatic N) is 2. The second kappa shape index (κ2) is 6.17. The molecule has 1 aliphatic carbocycles. The van der Waals surface area contributed by atoms with Gasteiger partial charge in [-0.3, -0.25) is 4.90 Å². The van der Waals surface area contributed by atoms with Crippen LogP contribution in [0.25, 0.3) is 0 Å². The van der Waals surface area contributed by atoms with Gasteiger partial charge in [-0.2, -0.15) is 0 Å². The molecule has 2 fully saturated rings. The van der Waals surface area contributed by atoms with Gasteiger partial charge in [0.05, 0.1) is 6.10 Å². The Balaban J connectivity index is 1.93. The molecule has 2 aliphatic rings. The lowest BCUT2D eigenvalue weighted by molar-refractivity contribution is 0.00425. The van der Waals surface area contributed by atoms with Crippen LogP contribution in [-0.4, -0.2) is 60.3 Å². The van der Waals surface area contributed by atoms with Crippen LogP contribution in [0.3, 0.4) is 0 Å². The Labute approximate surface area is 106 Å². The zero-order valence-corrected chi connectivity index (χ0v) is 11.4. The maximum absolute atomic E-state index is 10.2. The molecule has 3 nitrogen and oxygen atoms in total. The highest BCUT2D eigenvalue weighted by Crippen LogP contribution is 2.30. The molecule has 1 saturated carbocycles. The molecule has 1 heterocycles. The molecule has 100 valence electrons. The highest BCUT2D eigenvalue weighted by Gasteiger charge is 2.32. The Morgan fingerprint density at radius 3 is 2.71 bits per heavy atom. The van der Waals surface area contributed by atoms with Crippen LogP contribution in [0.15, 0.2) is 0 Å². The number of rotatable bonds is 2. The summed E-state index contributed by atoms with van der Waals surface area (Å²) >= 11 is 0. The maximum Gasteiger partial charge on any atom is 0.0695 e. The summed E-state index contributed by atoms with van der Waals surface area (Å²) in [4.78, 5) is 4.96. The van der Waals surface area contributed by atoms with Crippen molar-refractivity contribution in [2.45, 2.75) is 51.2 Å². The lowest BCUT2D eigenvalue weighted by atomic mass is 9.81. The van der Waals surface area contributed by atoms with Gasteiger partial charge in [0, 0.05) is 19.1 Å². The van der Waals surface area contributed by atoms with E-state index in [2.05, 4.69) is 23.8 Å². The van der Waals surface area contributed by atoms with Crippen molar-refractivity contribution in [3.63, 3.8) is 0 Å². The third kappa shape index (κ3) is 3.43. The van der Waals surface area contributed by atoms with Gasteiger partial charge in [0.2, 0.25) is 0 Å². The lowest BCUT2D eigenvalue weighted by Crippen LogP contribution is -2.48. The minimum absolute atomic E-state index is 0.0822. The summed E-state index contributed by atoms with van der Waals surface area (Å²) < 4.78 is 0. The van der Waals surface area contributed by atoms with Crippen molar-refractivity contribution in [3.8, 4) is 0 Å². The van der Waals surface area contributed by atoms with Gasteiger partial charge < -0.3 is 10.0 Å². The molecule has 0 aromatic rings. The molecule has 0 bridgehead atoms. The quantitative estimate of drug-likeness (QED) is 0.793. The van der Waals surface area contributed by atoms with E-state index in [0.717, 1.165) is 25.4 Å². The van der Waals surface area contributed by atoms with E-state index in [0.29, 0.717) is 6.04 Å². The molecular formula is C14H28N2O. The van der Waals surface area contributed by atoms with Crippen molar-refractivity contribution in [2.24, 2.45) is 5.92 Å². The summed E-state index contributed by atoms with van der Waals surface area (Å²) in [5.74, 6) is 0.837. The Hall–Kier alpha value is -0.120. The van der Waals surface area contributed by atoms with Gasteiger partial charge >= 0.3 is 0 Å². The normalized spacial score (nSPS) is 37.9. The molecule has 1 aliphatic heterocycles. The second-order valence-electron chi connectivity index (χ2n) is 5.91. The molecule has 0 spiro atoms. The standard InChI is InChI=1S/C14H28N2O/c1-3-12-5-6-14(17)13(11-12)16-8-4-7-15(2)9-10-16/h12-14,17H,3-11H2,1-2H3. The Kier molecular flexibility index (Phi) is 4.83. The van der Waals surface area contributed by atoms with Gasteiger partial charge in [0.1, 0.15) is 0 Å². The Morgan fingerprint density at radius 1 is 1.12 bits per heavy atom. The fourth-order valence-corrected chi connectivity index (χ4v) is 3.38. The van der Waals surface area contributed by atoms with Crippen molar-refractivity contribution >= 4 is 0 Å². The first-order valence-corrected chi connectivity index (χ1v) is 7.31. The van der Waals surface area contributed by atoms with Gasteiger partial charge in [-0.15, -0.1) is 0 Å². The highest BCUT2D eigenvalue weighted by atomic mass is 16.3. The molecule has 3 unspecified atom stereocenters. The molecule has 3 atom stereocenters. The van der Waals surface area contributed by atoms with Crippen molar-refractivity contribution < 1.29 is 5.11 Å². The average molecular weight is 240 g/mol. The highest BCUT2D eigenvalue weighted by molar-refractivity contribution is 4.87. The van der Waals surface area contributed by atoms with E-state index in [1.807, 2.05) is 0 Å². The zero-order chi connectivity index (χ0) is 12.3. The van der Waals surface area contributed by atoms with Crippen molar-refractivity contribution in [3.05, 3.63) is 0 Å². The molecule has 1 saturated heterocycles. The van der Waals surface area contributed by atoms with Crippen LogP contribution < -0.4 is 0 Å². The third-order valence-corrected chi connectivity index (χ3v) is 4.69. The summed E-state index contributed by atoms with van der Waals surface area (Å²) in [6, 6.07) is 0.431. The summed E-state index contributed by atoms with van der Waals surface area (Å²) in [6.07, 6.45) is 5.88. The molecule has 0 amide bonds. The summed E-state index contributed by atoms with van der Waals surface area (Å²) in [6.45, 7) is 6.95. The molecule has 1 N–H and O–H groups in total. The van der Waals surface area contributed by atoms with E-state index in [9.17, 15) is 5.11 Å². The topological polar surface area (TPSA) is 26.7 Å². The third-order valence-electron chi connectivity index (χ3n) is 4.69. The number of aliphatic hydroxyl groups is 1. The van der Waals surface area contributed by atoms with Crippen molar-refractivity contribution in [1.82, 2.24) is 9.80 Å². The summed E-state index contributed by atoms with van der Waals surface area (Å²) in [5, 5.41) is 10.2. The minimum atomic E-state index is -0.0822. The minimum Gasteiger partial charge on any atom is -0.391 e. The van der Waals surface area contributed by atoms with Crippen LogP contribution >= 0.6 is 0 Å². The van der Waals surface area contributed by atoms with E-state index < -0.39 is 0 Å². The molecule has 0 radical (unpaired) electrons. The fourth-order valence-electron chi connectivity index (χ4n) is 3.38. The first-order chi connectivity index (χ1) is 8.20. The molecule has 3 heteroatoms. The Morgan fingerprint density at radius 2 is 1.94 bits per heavy atom. The molecule has 0 aromatic carbocycles. The zero-order valence-electron chi connectivity index (χ0n) is 11.4. The van der Waals surface area contributed by atoms with E-state index in [1.165, 1.54) is 38.8 Å². The first-order valence-electron chi connectivity index (χ1n) is 7.31. The van der Waals surface area contributed by atoms with Gasteiger partial charge in [0.25, 0.3) is 0 Å². The van der Waals surface area contributed by atoms with Crippen LogP contribution in [0.2, 0.25) is 0 Å². The lowest BCUT2D eigenvalue weighted by Gasteiger charge is -2.40. The number of likely N-dealkylation sites (N-methyl/N-ethyl adjacent to an activating group) is 1. The van der Waals surface area contributed by atoms with E-state index in [1.54, 1.807) is 0 Å². The smallest absolute Gasteiger partial charge is 0.0695 e. The average Bonchev–Trinajstić information content (AvgIpc) is 2.55. The largest absolute Gasteiger partial charge is 0.391 e. The monoisotopic (exact) mass is 240 g/mol. The molecule has 2 rings (SSSR count). The van der Waals surface area contributed by atoms with Crippen LogP contribution in [0.5, 0.6) is 0 Å². The van der Waals surface area contributed by atoms with Crippen molar-refractivity contribution in [2.75, 3.05) is 33.2 Å². The number of hydrogen-bond donors (Lipinski definition) is 1. The summed E-state index contributed by atoms with van der Waals surface area (Å²) in [7, 11) is 2.20. The SMILES string of the molecule is CCC1CCC(O)C(N2CCCN(C)CC2)C1. The Bertz CT molecular complexity index is 234. The first kappa shape index (κ1) is 13.3. The fraction of sp³-hybridized carbons (Fsp3) is 1.00. The van der Waals surface area contributed by atoms with E-state index >= 15 is 0 Å². The summed E-state index contributed by atoms with van der Waals surface area (Å²) in [5.41, 5.74) is 0. The predicted octanol–water partition coefficient (Wildman–Crippen LogP) is 1.56. The number of hydrogen-bond acceptors (Lipinski definition) is 3. The number of aliphatic hydroxyl groups excluding tert-OH is 1. The van der Waals surface area contributed by atoms with Gasteiger partial charge in [-0.1, -0.05) is 13.3 Å².